The first-order valence-corrected chi connectivity index (χ1v) is 7.79. The molecule has 0 unspecified atom stereocenters. The zero-order valence-electron chi connectivity index (χ0n) is 11.3. The summed E-state index contributed by atoms with van der Waals surface area (Å²) in [5.74, 6) is -0.825. The molecule has 7 heteroatoms. The van der Waals surface area contributed by atoms with Crippen LogP contribution in [0.2, 0.25) is 5.02 Å². The first-order chi connectivity index (χ1) is 9.90. The molecule has 0 radical (unpaired) electrons. The van der Waals surface area contributed by atoms with Gasteiger partial charge in [0.2, 0.25) is 0 Å². The molecule has 2 rings (SSSR count). The van der Waals surface area contributed by atoms with E-state index < -0.39 is 5.97 Å². The summed E-state index contributed by atoms with van der Waals surface area (Å²) < 4.78 is 0.728. The zero-order chi connectivity index (χ0) is 15.5. The minimum Gasteiger partial charge on any atom is -0.481 e. The van der Waals surface area contributed by atoms with E-state index in [1.54, 1.807) is 18.2 Å². The Morgan fingerprint density at radius 1 is 1.38 bits per heavy atom. The number of amides is 2. The molecule has 1 aliphatic rings. The van der Waals surface area contributed by atoms with Crippen LogP contribution in [-0.2, 0) is 4.79 Å². The van der Waals surface area contributed by atoms with Gasteiger partial charge in [0.25, 0.3) is 0 Å². The fourth-order valence-corrected chi connectivity index (χ4v) is 2.96. The maximum Gasteiger partial charge on any atom is 0.319 e. The Morgan fingerprint density at radius 2 is 2.10 bits per heavy atom. The maximum absolute atomic E-state index is 11.9. The summed E-state index contributed by atoms with van der Waals surface area (Å²) in [7, 11) is 0. The molecule has 0 saturated heterocycles. The number of aliphatic carboxylic acids is 1. The fraction of sp³-hybridized carbons (Fsp3) is 0.429. The van der Waals surface area contributed by atoms with E-state index in [4.69, 9.17) is 16.7 Å². The van der Waals surface area contributed by atoms with Crippen LogP contribution >= 0.6 is 27.5 Å². The van der Waals surface area contributed by atoms with Crippen molar-refractivity contribution in [2.75, 3.05) is 11.9 Å². The molecule has 3 N–H and O–H groups in total. The molecule has 0 aromatic heterocycles. The van der Waals surface area contributed by atoms with Crippen LogP contribution < -0.4 is 10.6 Å². The predicted octanol–water partition coefficient (Wildman–Crippen LogP) is 3.87. The van der Waals surface area contributed by atoms with E-state index in [2.05, 4.69) is 26.6 Å². The molecule has 5 nitrogen and oxygen atoms in total. The Labute approximate surface area is 136 Å². The number of rotatable bonds is 5. The Kier molecular flexibility index (Phi) is 5.11. The van der Waals surface area contributed by atoms with Gasteiger partial charge < -0.3 is 15.7 Å². The summed E-state index contributed by atoms with van der Waals surface area (Å²) in [6.07, 6.45) is 2.77. The summed E-state index contributed by atoms with van der Waals surface area (Å²) in [6, 6.07) is 4.73. The zero-order valence-corrected chi connectivity index (χ0v) is 13.6. The van der Waals surface area contributed by atoms with Crippen molar-refractivity contribution in [2.24, 2.45) is 5.41 Å². The number of hydrogen-bond acceptors (Lipinski definition) is 2. The number of nitrogens with one attached hydrogen (secondary N) is 2. The van der Waals surface area contributed by atoms with Crippen molar-refractivity contribution in [3.8, 4) is 0 Å². The van der Waals surface area contributed by atoms with Gasteiger partial charge in [-0.3, -0.25) is 4.79 Å². The number of benzene rings is 1. The van der Waals surface area contributed by atoms with Gasteiger partial charge in [-0.25, -0.2) is 4.79 Å². The minimum absolute atomic E-state index is 0.0914. The highest BCUT2D eigenvalue weighted by atomic mass is 79.9. The number of halogens is 2. The third-order valence-corrected chi connectivity index (χ3v) is 4.67. The standard InChI is InChI=1S/C14H16BrClN2O3/c15-10-3-2-9(16)6-11(10)18-13(21)17-8-14(4-1-5-14)7-12(19)20/h2-3,6H,1,4-5,7-8H2,(H,19,20)(H2,17,18,21). The van der Waals surface area contributed by atoms with Crippen LogP contribution in [0.3, 0.4) is 0 Å². The van der Waals surface area contributed by atoms with Gasteiger partial charge in [0, 0.05) is 16.0 Å². The number of carboxylic acids is 1. The number of anilines is 1. The van der Waals surface area contributed by atoms with Crippen LogP contribution in [0.4, 0.5) is 10.5 Å². The second-order valence-electron chi connectivity index (χ2n) is 5.36. The molecule has 0 atom stereocenters. The summed E-state index contributed by atoms with van der Waals surface area (Å²) in [4.78, 5) is 22.8. The predicted molar refractivity (Wildman–Crippen MR) is 84.7 cm³/mol. The summed E-state index contributed by atoms with van der Waals surface area (Å²) >= 11 is 9.21. The lowest BCUT2D eigenvalue weighted by molar-refractivity contribution is -0.141. The highest BCUT2D eigenvalue weighted by Crippen LogP contribution is 2.43. The van der Waals surface area contributed by atoms with Gasteiger partial charge in [0.05, 0.1) is 12.1 Å². The third kappa shape index (κ3) is 4.35. The first-order valence-electron chi connectivity index (χ1n) is 6.62. The first kappa shape index (κ1) is 16.1. The van der Waals surface area contributed by atoms with Crippen LogP contribution in [0.5, 0.6) is 0 Å². The highest BCUT2D eigenvalue weighted by molar-refractivity contribution is 9.10. The highest BCUT2D eigenvalue weighted by Gasteiger charge is 2.39. The molecule has 1 fully saturated rings. The second-order valence-corrected chi connectivity index (χ2v) is 6.65. The maximum atomic E-state index is 11.9. The minimum atomic E-state index is -0.825. The molecule has 2 amide bonds. The molecule has 0 spiro atoms. The second kappa shape index (κ2) is 6.66. The molecule has 1 aromatic rings. The van der Waals surface area contributed by atoms with Crippen LogP contribution in [0, 0.1) is 5.41 Å². The van der Waals surface area contributed by atoms with Crippen molar-refractivity contribution in [1.29, 1.82) is 0 Å². The van der Waals surface area contributed by atoms with Crippen LogP contribution in [-0.4, -0.2) is 23.7 Å². The molecule has 114 valence electrons. The Bertz CT molecular complexity index is 561. The lowest BCUT2D eigenvalue weighted by atomic mass is 9.66. The molecular formula is C14H16BrClN2O3. The van der Waals surface area contributed by atoms with E-state index in [-0.39, 0.29) is 17.9 Å². The van der Waals surface area contributed by atoms with Gasteiger partial charge >= 0.3 is 12.0 Å². The smallest absolute Gasteiger partial charge is 0.319 e. The SMILES string of the molecule is O=C(O)CC1(CNC(=O)Nc2cc(Cl)ccc2Br)CCC1. The molecule has 0 heterocycles. The third-order valence-electron chi connectivity index (χ3n) is 3.74. The van der Waals surface area contributed by atoms with Gasteiger partial charge in [-0.2, -0.15) is 0 Å². The number of urea groups is 1. The summed E-state index contributed by atoms with van der Waals surface area (Å²) in [5, 5.41) is 14.9. The molecule has 0 bridgehead atoms. The van der Waals surface area contributed by atoms with E-state index in [1.807, 2.05) is 0 Å². The fourth-order valence-electron chi connectivity index (χ4n) is 2.44. The molecular weight excluding hydrogens is 360 g/mol. The van der Waals surface area contributed by atoms with Crippen molar-refractivity contribution >= 4 is 45.2 Å². The topological polar surface area (TPSA) is 78.4 Å². The normalized spacial score (nSPS) is 15.9. The number of hydrogen-bond donors (Lipinski definition) is 3. The average Bonchev–Trinajstić information content (AvgIpc) is 2.36. The van der Waals surface area contributed by atoms with Crippen molar-refractivity contribution in [3.05, 3.63) is 27.7 Å². The Hall–Kier alpha value is -1.27. The van der Waals surface area contributed by atoms with Crippen molar-refractivity contribution < 1.29 is 14.7 Å². The lowest BCUT2D eigenvalue weighted by Gasteiger charge is -2.40. The Balaban J connectivity index is 1.90. The quantitative estimate of drug-likeness (QED) is 0.731. The number of carbonyl (C=O) groups excluding carboxylic acids is 1. The number of carbonyl (C=O) groups is 2. The summed E-state index contributed by atoms with van der Waals surface area (Å²) in [5.41, 5.74) is 0.273. The van der Waals surface area contributed by atoms with E-state index in [0.29, 0.717) is 17.3 Å². The van der Waals surface area contributed by atoms with Gasteiger partial charge in [-0.1, -0.05) is 18.0 Å². The average molecular weight is 376 g/mol. The van der Waals surface area contributed by atoms with Gasteiger partial charge in [0.1, 0.15) is 0 Å². The molecule has 21 heavy (non-hydrogen) atoms. The number of carboxylic acid groups (broad SMARTS) is 1. The van der Waals surface area contributed by atoms with Crippen molar-refractivity contribution in [2.45, 2.75) is 25.7 Å². The van der Waals surface area contributed by atoms with Crippen LogP contribution in [0.15, 0.2) is 22.7 Å². The summed E-state index contributed by atoms with van der Waals surface area (Å²) in [6.45, 7) is 0.364. The molecule has 0 aliphatic heterocycles. The van der Waals surface area contributed by atoms with Crippen molar-refractivity contribution in [3.63, 3.8) is 0 Å². The Morgan fingerprint density at radius 3 is 2.67 bits per heavy atom. The molecule has 1 aromatic carbocycles. The largest absolute Gasteiger partial charge is 0.481 e. The van der Waals surface area contributed by atoms with E-state index in [9.17, 15) is 9.59 Å². The van der Waals surface area contributed by atoms with Crippen LogP contribution in [0.25, 0.3) is 0 Å². The van der Waals surface area contributed by atoms with E-state index >= 15 is 0 Å². The molecule has 1 aliphatic carbocycles. The monoisotopic (exact) mass is 374 g/mol. The van der Waals surface area contributed by atoms with E-state index in [1.165, 1.54) is 0 Å². The van der Waals surface area contributed by atoms with E-state index in [0.717, 1.165) is 23.7 Å². The lowest BCUT2D eigenvalue weighted by Crippen LogP contribution is -2.44. The van der Waals surface area contributed by atoms with Gasteiger partial charge in [-0.15, -0.1) is 0 Å². The molecule has 1 saturated carbocycles. The van der Waals surface area contributed by atoms with Crippen molar-refractivity contribution in [1.82, 2.24) is 5.32 Å². The van der Waals surface area contributed by atoms with Gasteiger partial charge in [-0.05, 0) is 52.4 Å². The van der Waals surface area contributed by atoms with Crippen LogP contribution in [0.1, 0.15) is 25.7 Å². The van der Waals surface area contributed by atoms with Gasteiger partial charge in [0.15, 0.2) is 0 Å².